The van der Waals surface area contributed by atoms with Gasteiger partial charge in [-0.25, -0.2) is 0 Å². The summed E-state index contributed by atoms with van der Waals surface area (Å²) in [6, 6.07) is 6.54. The van der Waals surface area contributed by atoms with Crippen LogP contribution >= 0.6 is 0 Å². The number of methoxy groups -OCH3 is 1. The largest absolute Gasteiger partial charge is 0.496 e. The number of pyridine rings is 1. The van der Waals surface area contributed by atoms with Crippen molar-refractivity contribution in [1.82, 2.24) is 9.47 Å². The molecule has 7 heteroatoms. The zero-order chi connectivity index (χ0) is 19.6. The molecule has 0 unspecified atom stereocenters. The van der Waals surface area contributed by atoms with Gasteiger partial charge >= 0.3 is 0 Å². The van der Waals surface area contributed by atoms with Crippen LogP contribution in [0.3, 0.4) is 0 Å². The summed E-state index contributed by atoms with van der Waals surface area (Å²) in [7, 11) is 6.35. The van der Waals surface area contributed by atoms with Crippen molar-refractivity contribution in [2.75, 3.05) is 26.5 Å². The number of nitrogens with one attached hydrogen (secondary N) is 1. The topological polar surface area (TPSA) is 80.6 Å². The van der Waals surface area contributed by atoms with E-state index in [-0.39, 0.29) is 17.0 Å². The molecule has 0 spiro atoms. The second-order valence-corrected chi connectivity index (χ2v) is 6.28. The Hall–Kier alpha value is -3.09. The highest BCUT2D eigenvalue weighted by molar-refractivity contribution is 6.06. The fraction of sp³-hybridized carbons (Fsp3) is 0.316. The van der Waals surface area contributed by atoms with E-state index in [0.717, 1.165) is 5.69 Å². The van der Waals surface area contributed by atoms with Crippen molar-refractivity contribution < 1.29 is 14.3 Å². The molecular formula is C19H23N3O4. The van der Waals surface area contributed by atoms with Crippen LogP contribution in [0.25, 0.3) is 0 Å². The third-order valence-electron chi connectivity index (χ3n) is 4.19. The van der Waals surface area contributed by atoms with E-state index in [0.29, 0.717) is 22.6 Å². The maximum Gasteiger partial charge on any atom is 0.263 e. The van der Waals surface area contributed by atoms with E-state index in [1.165, 1.54) is 22.6 Å². The number of hydrogen-bond donors (Lipinski definition) is 1. The maximum absolute atomic E-state index is 12.6. The third-order valence-corrected chi connectivity index (χ3v) is 4.19. The van der Waals surface area contributed by atoms with Gasteiger partial charge in [0, 0.05) is 32.5 Å². The lowest BCUT2D eigenvalue weighted by atomic mass is 10.1. The lowest BCUT2D eigenvalue weighted by molar-refractivity contribution is 0.0824. The van der Waals surface area contributed by atoms with Gasteiger partial charge in [-0.05, 0) is 43.7 Å². The Kier molecular flexibility index (Phi) is 5.50. The predicted octanol–water partition coefficient (Wildman–Crippen LogP) is 1.96. The van der Waals surface area contributed by atoms with Crippen molar-refractivity contribution >= 4 is 17.5 Å². The van der Waals surface area contributed by atoms with Crippen molar-refractivity contribution in [2.45, 2.75) is 13.8 Å². The molecular weight excluding hydrogens is 334 g/mol. The fourth-order valence-electron chi connectivity index (χ4n) is 2.64. The molecule has 0 aliphatic heterocycles. The number of carbonyl (C=O) groups excluding carboxylic acids is 2. The van der Waals surface area contributed by atoms with Crippen molar-refractivity contribution in [3.63, 3.8) is 0 Å². The van der Waals surface area contributed by atoms with E-state index in [4.69, 9.17) is 4.74 Å². The van der Waals surface area contributed by atoms with Crippen LogP contribution in [-0.2, 0) is 7.05 Å². The van der Waals surface area contributed by atoms with Gasteiger partial charge in [-0.3, -0.25) is 14.4 Å². The van der Waals surface area contributed by atoms with E-state index in [2.05, 4.69) is 5.32 Å². The quantitative estimate of drug-likeness (QED) is 0.907. The first-order valence-corrected chi connectivity index (χ1v) is 8.05. The molecule has 2 rings (SSSR count). The number of benzene rings is 1. The molecule has 0 aliphatic rings. The van der Waals surface area contributed by atoms with Gasteiger partial charge in [-0.15, -0.1) is 0 Å². The molecule has 2 amide bonds. The second kappa shape index (κ2) is 7.43. The minimum absolute atomic E-state index is 0.0782. The van der Waals surface area contributed by atoms with Gasteiger partial charge in [0.2, 0.25) is 0 Å². The lowest BCUT2D eigenvalue weighted by Crippen LogP contribution is -2.30. The van der Waals surface area contributed by atoms with E-state index in [1.54, 1.807) is 53.2 Å². The van der Waals surface area contributed by atoms with E-state index in [9.17, 15) is 14.4 Å². The van der Waals surface area contributed by atoms with E-state index in [1.807, 2.05) is 0 Å². The Labute approximate surface area is 152 Å². The van der Waals surface area contributed by atoms with E-state index >= 15 is 0 Å². The molecule has 1 heterocycles. The van der Waals surface area contributed by atoms with Crippen LogP contribution < -0.4 is 15.6 Å². The molecule has 0 atom stereocenters. The number of aryl methyl sites for hydroxylation is 2. The minimum Gasteiger partial charge on any atom is -0.496 e. The zero-order valence-corrected chi connectivity index (χ0v) is 15.8. The monoisotopic (exact) mass is 357 g/mol. The van der Waals surface area contributed by atoms with Crippen molar-refractivity contribution in [3.8, 4) is 5.75 Å². The smallest absolute Gasteiger partial charge is 0.263 e. The second-order valence-electron chi connectivity index (χ2n) is 6.28. The van der Waals surface area contributed by atoms with Crippen molar-refractivity contribution in [2.24, 2.45) is 7.05 Å². The average molecular weight is 357 g/mol. The highest BCUT2D eigenvalue weighted by Crippen LogP contribution is 2.24. The van der Waals surface area contributed by atoms with Crippen LogP contribution in [0.2, 0.25) is 0 Å². The normalized spacial score (nSPS) is 10.4. The summed E-state index contributed by atoms with van der Waals surface area (Å²) in [6.45, 7) is 3.52. The van der Waals surface area contributed by atoms with Crippen LogP contribution in [0.15, 0.2) is 29.1 Å². The van der Waals surface area contributed by atoms with Gasteiger partial charge < -0.3 is 19.5 Å². The van der Waals surface area contributed by atoms with Crippen molar-refractivity contribution in [1.29, 1.82) is 0 Å². The fourth-order valence-corrected chi connectivity index (χ4v) is 2.64. The number of hydrogen-bond acceptors (Lipinski definition) is 4. The summed E-state index contributed by atoms with van der Waals surface area (Å²) < 4.78 is 6.64. The summed E-state index contributed by atoms with van der Waals surface area (Å²) in [6.07, 6.45) is 0. The molecule has 1 aromatic carbocycles. The number of ether oxygens (including phenoxy) is 1. The van der Waals surface area contributed by atoms with Crippen LogP contribution in [0.5, 0.6) is 5.75 Å². The number of anilines is 1. The molecule has 26 heavy (non-hydrogen) atoms. The highest BCUT2D eigenvalue weighted by atomic mass is 16.5. The Balaban J connectivity index is 2.42. The summed E-state index contributed by atoms with van der Waals surface area (Å²) in [4.78, 5) is 38.8. The Morgan fingerprint density at radius 3 is 2.38 bits per heavy atom. The summed E-state index contributed by atoms with van der Waals surface area (Å²) in [5.74, 6) is -0.360. The maximum atomic E-state index is 12.6. The Bertz CT molecular complexity index is 929. The number of nitrogens with zero attached hydrogens (tertiary/aromatic N) is 2. The number of aromatic nitrogens is 1. The molecule has 0 aliphatic carbocycles. The van der Waals surface area contributed by atoms with Crippen molar-refractivity contribution in [3.05, 3.63) is 57.0 Å². The molecule has 7 nitrogen and oxygen atoms in total. The number of amides is 2. The molecule has 2 aromatic rings. The van der Waals surface area contributed by atoms with Gasteiger partial charge in [0.05, 0.1) is 12.7 Å². The third kappa shape index (κ3) is 3.61. The van der Waals surface area contributed by atoms with Gasteiger partial charge in [-0.2, -0.15) is 0 Å². The Morgan fingerprint density at radius 2 is 1.81 bits per heavy atom. The lowest BCUT2D eigenvalue weighted by Gasteiger charge is -2.15. The average Bonchev–Trinajstić information content (AvgIpc) is 2.58. The summed E-state index contributed by atoms with van der Waals surface area (Å²) >= 11 is 0. The van der Waals surface area contributed by atoms with E-state index < -0.39 is 5.91 Å². The first-order valence-electron chi connectivity index (χ1n) is 8.05. The predicted molar refractivity (Wildman–Crippen MR) is 100 cm³/mol. The molecule has 138 valence electrons. The molecule has 1 aromatic heterocycles. The molecule has 1 N–H and O–H groups in total. The first kappa shape index (κ1) is 19.2. The van der Waals surface area contributed by atoms with Gasteiger partial charge in [0.25, 0.3) is 17.4 Å². The molecule has 0 saturated heterocycles. The van der Waals surface area contributed by atoms with Gasteiger partial charge in [-0.1, -0.05) is 0 Å². The molecule has 0 bridgehead atoms. The highest BCUT2D eigenvalue weighted by Gasteiger charge is 2.19. The first-order chi connectivity index (χ1) is 12.2. The standard InChI is InChI=1S/C19H23N3O4/c1-11-9-12(2)22(5)19(25)16(11)17(23)20-13-7-8-15(26-6)14(10-13)18(24)21(3)4/h7-10H,1-6H3,(H,20,23). The van der Waals surface area contributed by atoms with Crippen LogP contribution in [-0.4, -0.2) is 42.5 Å². The number of carbonyl (C=O) groups is 2. The van der Waals surface area contributed by atoms with Crippen LogP contribution in [0.4, 0.5) is 5.69 Å². The molecule has 0 radical (unpaired) electrons. The summed E-state index contributed by atoms with van der Waals surface area (Å²) in [5, 5.41) is 2.69. The SMILES string of the molecule is COc1ccc(NC(=O)c2c(C)cc(C)n(C)c2=O)cc1C(=O)N(C)C. The minimum atomic E-state index is -0.517. The molecule has 0 saturated carbocycles. The van der Waals surface area contributed by atoms with Crippen LogP contribution in [0, 0.1) is 13.8 Å². The van der Waals surface area contributed by atoms with Gasteiger partial charge in [0.15, 0.2) is 0 Å². The van der Waals surface area contributed by atoms with Gasteiger partial charge in [0.1, 0.15) is 11.3 Å². The number of rotatable bonds is 4. The zero-order valence-electron chi connectivity index (χ0n) is 15.8. The van der Waals surface area contributed by atoms with Crippen LogP contribution in [0.1, 0.15) is 32.0 Å². The summed E-state index contributed by atoms with van der Waals surface area (Å²) in [5.41, 5.74) is 1.81. The molecule has 0 fully saturated rings. The Morgan fingerprint density at radius 1 is 1.15 bits per heavy atom.